The van der Waals surface area contributed by atoms with E-state index in [4.69, 9.17) is 6.42 Å². The lowest BCUT2D eigenvalue weighted by Crippen LogP contribution is -2.39. The highest BCUT2D eigenvalue weighted by molar-refractivity contribution is 9.10. The Kier molecular flexibility index (Phi) is 4.47. The normalized spacial score (nSPS) is 17.6. The van der Waals surface area contributed by atoms with E-state index in [-0.39, 0.29) is 0 Å². The molecule has 0 atom stereocenters. The van der Waals surface area contributed by atoms with Gasteiger partial charge in [-0.3, -0.25) is 4.90 Å². The van der Waals surface area contributed by atoms with Crippen molar-refractivity contribution in [3.8, 4) is 12.3 Å². The molecule has 0 spiro atoms. The molecule has 1 saturated heterocycles. The van der Waals surface area contributed by atoms with Crippen LogP contribution in [0.5, 0.6) is 0 Å². The predicted octanol–water partition coefficient (Wildman–Crippen LogP) is 2.96. The van der Waals surface area contributed by atoms with Gasteiger partial charge in [0.1, 0.15) is 0 Å². The van der Waals surface area contributed by atoms with E-state index in [1.54, 1.807) is 0 Å². The topological polar surface area (TPSA) is 15.3 Å². The smallest absolute Gasteiger partial charge is 0.0598 e. The van der Waals surface area contributed by atoms with Gasteiger partial charge in [0, 0.05) is 29.3 Å². The summed E-state index contributed by atoms with van der Waals surface area (Å²) in [5.41, 5.74) is 1.19. The lowest BCUT2D eigenvalue weighted by atomic mass is 10.0. The van der Waals surface area contributed by atoms with Gasteiger partial charge in [-0.05, 0) is 31.0 Å². The van der Waals surface area contributed by atoms with Crippen molar-refractivity contribution >= 4 is 21.6 Å². The average molecular weight is 293 g/mol. The lowest BCUT2D eigenvalue weighted by Gasteiger charge is -2.31. The van der Waals surface area contributed by atoms with Crippen molar-refractivity contribution < 1.29 is 0 Å². The van der Waals surface area contributed by atoms with E-state index in [2.05, 4.69) is 50.3 Å². The number of anilines is 1. The fraction of sp³-hybridized carbons (Fsp3) is 0.429. The van der Waals surface area contributed by atoms with Crippen LogP contribution in [0.4, 0.5) is 5.69 Å². The minimum Gasteiger partial charge on any atom is -0.382 e. The van der Waals surface area contributed by atoms with Gasteiger partial charge in [-0.15, -0.1) is 6.42 Å². The van der Waals surface area contributed by atoms with Crippen molar-refractivity contribution in [2.24, 2.45) is 0 Å². The summed E-state index contributed by atoms with van der Waals surface area (Å²) in [6, 6.07) is 8.89. The van der Waals surface area contributed by atoms with Gasteiger partial charge in [0.05, 0.1) is 6.54 Å². The van der Waals surface area contributed by atoms with Crippen LogP contribution in [0.25, 0.3) is 0 Å². The molecule has 17 heavy (non-hydrogen) atoms. The third-order valence-corrected chi connectivity index (χ3v) is 3.59. The standard InChI is InChI=1S/C14H17BrN2/c1-2-8-17-9-6-13(7-10-17)16-14-5-3-4-12(15)11-14/h1,3-5,11,13,16H,6-10H2. The first-order valence-electron chi connectivity index (χ1n) is 5.96. The molecule has 2 nitrogen and oxygen atoms in total. The van der Waals surface area contributed by atoms with Gasteiger partial charge in [-0.25, -0.2) is 0 Å². The molecular weight excluding hydrogens is 276 g/mol. The number of hydrogen-bond donors (Lipinski definition) is 1. The van der Waals surface area contributed by atoms with Gasteiger partial charge in [-0.1, -0.05) is 27.9 Å². The lowest BCUT2D eigenvalue weighted by molar-refractivity contribution is 0.243. The number of hydrogen-bond acceptors (Lipinski definition) is 2. The molecule has 1 heterocycles. The van der Waals surface area contributed by atoms with Crippen molar-refractivity contribution in [3.05, 3.63) is 28.7 Å². The van der Waals surface area contributed by atoms with Gasteiger partial charge < -0.3 is 5.32 Å². The van der Waals surface area contributed by atoms with Crippen LogP contribution >= 0.6 is 15.9 Å². The number of nitrogens with zero attached hydrogens (tertiary/aromatic N) is 1. The molecule has 0 unspecified atom stereocenters. The van der Waals surface area contributed by atoms with Gasteiger partial charge in [0.15, 0.2) is 0 Å². The van der Waals surface area contributed by atoms with Crippen LogP contribution < -0.4 is 5.32 Å². The molecule has 90 valence electrons. The summed E-state index contributed by atoms with van der Waals surface area (Å²) in [6.07, 6.45) is 7.64. The summed E-state index contributed by atoms with van der Waals surface area (Å²) in [5, 5.41) is 3.58. The summed E-state index contributed by atoms with van der Waals surface area (Å²) >= 11 is 3.49. The van der Waals surface area contributed by atoms with Crippen molar-refractivity contribution in [2.45, 2.75) is 18.9 Å². The fourth-order valence-electron chi connectivity index (χ4n) is 2.18. The van der Waals surface area contributed by atoms with Crippen molar-refractivity contribution in [2.75, 3.05) is 25.0 Å². The first-order chi connectivity index (χ1) is 8.28. The van der Waals surface area contributed by atoms with Gasteiger partial charge in [-0.2, -0.15) is 0 Å². The Balaban J connectivity index is 1.84. The molecule has 1 aliphatic rings. The van der Waals surface area contributed by atoms with Crippen molar-refractivity contribution in [1.82, 2.24) is 4.90 Å². The SMILES string of the molecule is C#CCN1CCC(Nc2cccc(Br)c2)CC1. The minimum atomic E-state index is 0.568. The van der Waals surface area contributed by atoms with E-state index in [9.17, 15) is 0 Å². The Morgan fingerprint density at radius 1 is 1.41 bits per heavy atom. The molecule has 0 bridgehead atoms. The number of piperidine rings is 1. The zero-order valence-electron chi connectivity index (χ0n) is 9.82. The molecule has 3 heteroatoms. The Bertz CT molecular complexity index is 403. The summed E-state index contributed by atoms with van der Waals surface area (Å²) in [5.74, 6) is 2.71. The van der Waals surface area contributed by atoms with E-state index < -0.39 is 0 Å². The molecule has 0 radical (unpaired) electrons. The predicted molar refractivity (Wildman–Crippen MR) is 76.1 cm³/mol. The van der Waals surface area contributed by atoms with Crippen molar-refractivity contribution in [3.63, 3.8) is 0 Å². The highest BCUT2D eigenvalue weighted by atomic mass is 79.9. The number of terminal acetylenes is 1. The Morgan fingerprint density at radius 2 is 2.18 bits per heavy atom. The van der Waals surface area contributed by atoms with Crippen LogP contribution in [0.15, 0.2) is 28.7 Å². The van der Waals surface area contributed by atoms with Crippen LogP contribution in [0.3, 0.4) is 0 Å². The summed E-state index contributed by atoms with van der Waals surface area (Å²) < 4.78 is 1.12. The van der Waals surface area contributed by atoms with Crippen molar-refractivity contribution in [1.29, 1.82) is 0 Å². The molecule has 0 aromatic heterocycles. The average Bonchev–Trinajstić information content (AvgIpc) is 2.32. The number of nitrogens with one attached hydrogen (secondary N) is 1. The molecule has 1 aromatic rings. The van der Waals surface area contributed by atoms with E-state index in [0.717, 1.165) is 36.9 Å². The highest BCUT2D eigenvalue weighted by Crippen LogP contribution is 2.19. The Hall–Kier alpha value is -0.980. The Labute approximate surface area is 112 Å². The molecular formula is C14H17BrN2. The molecule has 2 rings (SSSR count). The van der Waals surface area contributed by atoms with Crippen LogP contribution in [-0.4, -0.2) is 30.6 Å². The molecule has 1 N–H and O–H groups in total. The van der Waals surface area contributed by atoms with Crippen LogP contribution in [-0.2, 0) is 0 Å². The van der Waals surface area contributed by atoms with Crippen LogP contribution in [0, 0.1) is 12.3 Å². The first-order valence-corrected chi connectivity index (χ1v) is 6.75. The second-order valence-electron chi connectivity index (χ2n) is 4.41. The second kappa shape index (κ2) is 6.09. The van der Waals surface area contributed by atoms with Crippen LogP contribution in [0.2, 0.25) is 0 Å². The highest BCUT2D eigenvalue weighted by Gasteiger charge is 2.17. The molecule has 0 aliphatic carbocycles. The molecule has 1 aliphatic heterocycles. The van der Waals surface area contributed by atoms with E-state index in [0.29, 0.717) is 6.04 Å². The number of benzene rings is 1. The van der Waals surface area contributed by atoms with Gasteiger partial charge >= 0.3 is 0 Å². The maximum atomic E-state index is 5.32. The molecule has 0 saturated carbocycles. The molecule has 0 amide bonds. The van der Waals surface area contributed by atoms with E-state index in [1.807, 2.05) is 6.07 Å². The zero-order valence-corrected chi connectivity index (χ0v) is 11.4. The first kappa shape index (κ1) is 12.5. The van der Waals surface area contributed by atoms with E-state index in [1.165, 1.54) is 5.69 Å². The van der Waals surface area contributed by atoms with Crippen LogP contribution in [0.1, 0.15) is 12.8 Å². The van der Waals surface area contributed by atoms with E-state index >= 15 is 0 Å². The molecule has 1 fully saturated rings. The Morgan fingerprint density at radius 3 is 2.82 bits per heavy atom. The number of halogens is 1. The summed E-state index contributed by atoms with van der Waals surface area (Å²) in [6.45, 7) is 2.97. The summed E-state index contributed by atoms with van der Waals surface area (Å²) in [4.78, 5) is 2.33. The fourth-order valence-corrected chi connectivity index (χ4v) is 2.58. The third kappa shape index (κ3) is 3.76. The van der Waals surface area contributed by atoms with Gasteiger partial charge in [0.2, 0.25) is 0 Å². The minimum absolute atomic E-state index is 0.568. The summed E-state index contributed by atoms with van der Waals surface area (Å²) in [7, 11) is 0. The monoisotopic (exact) mass is 292 g/mol. The second-order valence-corrected chi connectivity index (χ2v) is 5.32. The quantitative estimate of drug-likeness (QED) is 0.862. The number of rotatable bonds is 3. The van der Waals surface area contributed by atoms with Gasteiger partial charge in [0.25, 0.3) is 0 Å². The zero-order chi connectivity index (χ0) is 12.1. The number of likely N-dealkylation sites (tertiary alicyclic amines) is 1. The third-order valence-electron chi connectivity index (χ3n) is 3.10. The maximum absolute atomic E-state index is 5.32. The largest absolute Gasteiger partial charge is 0.382 e. The molecule has 1 aromatic carbocycles. The maximum Gasteiger partial charge on any atom is 0.0598 e.